The maximum atomic E-state index is 11.4. The fourth-order valence-corrected chi connectivity index (χ4v) is 2.95. The molecule has 116 valence electrons. The van der Waals surface area contributed by atoms with Crippen molar-refractivity contribution in [1.29, 1.82) is 0 Å². The van der Waals surface area contributed by atoms with E-state index < -0.39 is 6.09 Å². The zero-order valence-corrected chi connectivity index (χ0v) is 12.5. The van der Waals surface area contributed by atoms with E-state index >= 15 is 0 Å². The minimum atomic E-state index is -0.516. The van der Waals surface area contributed by atoms with E-state index in [-0.39, 0.29) is 12.5 Å². The highest BCUT2D eigenvalue weighted by Gasteiger charge is 2.30. The van der Waals surface area contributed by atoms with Crippen LogP contribution >= 0.6 is 0 Å². The van der Waals surface area contributed by atoms with Gasteiger partial charge in [0.2, 0.25) is 0 Å². The number of amides is 1. The Morgan fingerprint density at radius 2 is 1.57 bits per heavy atom. The third kappa shape index (κ3) is 2.61. The van der Waals surface area contributed by atoms with Gasteiger partial charge in [0.05, 0.1) is 0 Å². The quantitative estimate of drug-likeness (QED) is 0.881. The number of nitrogens with one attached hydrogen (secondary N) is 1. The molecule has 5 heteroatoms. The van der Waals surface area contributed by atoms with Crippen LogP contribution in [0.25, 0.3) is 11.1 Å². The first-order valence-electron chi connectivity index (χ1n) is 7.21. The van der Waals surface area contributed by atoms with Crippen molar-refractivity contribution in [2.75, 3.05) is 13.7 Å². The second-order valence-corrected chi connectivity index (χ2v) is 5.33. The van der Waals surface area contributed by atoms with Gasteiger partial charge in [-0.2, -0.15) is 0 Å². The van der Waals surface area contributed by atoms with E-state index in [1.807, 2.05) is 12.1 Å². The Bertz CT molecular complexity index is 740. The minimum absolute atomic E-state index is 0.143. The summed E-state index contributed by atoms with van der Waals surface area (Å²) in [7, 11) is 1.49. The lowest BCUT2D eigenvalue weighted by Crippen LogP contribution is -2.22. The van der Waals surface area contributed by atoms with E-state index in [4.69, 9.17) is 4.74 Å². The Balaban J connectivity index is 2.08. The van der Waals surface area contributed by atoms with Crippen LogP contribution in [0.4, 0.5) is 4.79 Å². The van der Waals surface area contributed by atoms with Gasteiger partial charge in [-0.15, -0.1) is 0 Å². The largest absolute Gasteiger partial charge is 0.449 e. The number of carbonyl (C=O) groups excluding carboxylic acids is 3. The van der Waals surface area contributed by atoms with Crippen molar-refractivity contribution in [3.63, 3.8) is 0 Å². The van der Waals surface area contributed by atoms with E-state index in [2.05, 4.69) is 5.32 Å². The average Bonchev–Trinajstić information content (AvgIpc) is 2.91. The van der Waals surface area contributed by atoms with Gasteiger partial charge < -0.3 is 10.1 Å². The molecule has 0 saturated carbocycles. The normalized spacial score (nSPS) is 12.2. The third-order valence-corrected chi connectivity index (χ3v) is 4.05. The smallest absolute Gasteiger partial charge is 0.406 e. The molecule has 1 aliphatic carbocycles. The topological polar surface area (TPSA) is 72.5 Å². The number of alkyl carbamates (subject to hydrolysis) is 1. The van der Waals surface area contributed by atoms with Gasteiger partial charge >= 0.3 is 6.09 Å². The van der Waals surface area contributed by atoms with Crippen molar-refractivity contribution in [1.82, 2.24) is 5.32 Å². The summed E-state index contributed by atoms with van der Waals surface area (Å²) >= 11 is 0. The second-order valence-electron chi connectivity index (χ2n) is 5.33. The first kappa shape index (κ1) is 15.0. The predicted molar refractivity (Wildman–Crippen MR) is 84.9 cm³/mol. The highest BCUT2D eigenvalue weighted by Crippen LogP contribution is 2.45. The van der Waals surface area contributed by atoms with E-state index in [0.29, 0.717) is 11.1 Å². The summed E-state index contributed by atoms with van der Waals surface area (Å²) in [6.07, 6.45) is 1.06. The van der Waals surface area contributed by atoms with Crippen molar-refractivity contribution in [3.05, 3.63) is 58.7 Å². The van der Waals surface area contributed by atoms with Crippen LogP contribution in [0, 0.1) is 0 Å². The second kappa shape index (κ2) is 6.04. The molecule has 3 rings (SSSR count). The highest BCUT2D eigenvalue weighted by atomic mass is 16.5. The zero-order chi connectivity index (χ0) is 16.4. The molecule has 0 saturated heterocycles. The molecule has 1 N–H and O–H groups in total. The Hall–Kier alpha value is -2.95. The van der Waals surface area contributed by atoms with Crippen molar-refractivity contribution in [2.24, 2.45) is 0 Å². The average molecular weight is 309 g/mol. The Labute approximate surface area is 133 Å². The molecule has 1 amide bonds. The van der Waals surface area contributed by atoms with Gasteiger partial charge in [0.15, 0.2) is 0 Å². The van der Waals surface area contributed by atoms with E-state index in [1.54, 1.807) is 24.3 Å². The molecule has 2 aromatic carbocycles. The molecular weight excluding hydrogens is 294 g/mol. The maximum Gasteiger partial charge on any atom is 0.406 e. The van der Waals surface area contributed by atoms with E-state index in [9.17, 15) is 14.4 Å². The number of rotatable bonds is 4. The summed E-state index contributed by atoms with van der Waals surface area (Å²) in [5.74, 6) is -0.197. The molecule has 2 aromatic rings. The van der Waals surface area contributed by atoms with Crippen LogP contribution in [0.15, 0.2) is 36.4 Å². The van der Waals surface area contributed by atoms with Crippen LogP contribution in [-0.4, -0.2) is 32.3 Å². The molecule has 0 heterocycles. The minimum Gasteiger partial charge on any atom is -0.449 e. The molecule has 0 bridgehead atoms. The van der Waals surface area contributed by atoms with Gasteiger partial charge in [-0.25, -0.2) is 4.79 Å². The van der Waals surface area contributed by atoms with E-state index in [0.717, 1.165) is 34.8 Å². The lowest BCUT2D eigenvalue weighted by Gasteiger charge is -2.14. The molecule has 0 aliphatic heterocycles. The molecule has 5 nitrogen and oxygen atoms in total. The first-order chi connectivity index (χ1) is 11.2. The summed E-state index contributed by atoms with van der Waals surface area (Å²) in [6, 6.07) is 10.9. The summed E-state index contributed by atoms with van der Waals surface area (Å²) < 4.78 is 5.21. The highest BCUT2D eigenvalue weighted by molar-refractivity contribution is 5.86. The van der Waals surface area contributed by atoms with Crippen LogP contribution in [-0.2, 0) is 4.74 Å². The van der Waals surface area contributed by atoms with Gasteiger partial charge in [-0.05, 0) is 34.4 Å². The van der Waals surface area contributed by atoms with Crippen LogP contribution < -0.4 is 5.32 Å². The molecule has 23 heavy (non-hydrogen) atoms. The Kier molecular flexibility index (Phi) is 3.93. The fourth-order valence-electron chi connectivity index (χ4n) is 2.95. The van der Waals surface area contributed by atoms with Crippen LogP contribution in [0.3, 0.4) is 0 Å². The van der Waals surface area contributed by atoms with Crippen LogP contribution in [0.1, 0.15) is 37.8 Å². The molecule has 1 aliphatic rings. The van der Waals surface area contributed by atoms with E-state index in [1.165, 1.54) is 7.05 Å². The molecular formula is C18H15NO4. The molecule has 0 atom stereocenters. The SMILES string of the molecule is CNC(=O)OCC1c2cc(C=O)ccc2-c2ccc(C=O)cc21. The number of benzene rings is 2. The number of hydrogen-bond acceptors (Lipinski definition) is 4. The van der Waals surface area contributed by atoms with Gasteiger partial charge in [0.25, 0.3) is 0 Å². The van der Waals surface area contributed by atoms with Crippen molar-refractivity contribution >= 4 is 18.7 Å². The monoisotopic (exact) mass is 309 g/mol. The third-order valence-electron chi connectivity index (χ3n) is 4.05. The number of ether oxygens (including phenoxy) is 1. The van der Waals surface area contributed by atoms with Gasteiger partial charge in [0, 0.05) is 24.1 Å². The van der Waals surface area contributed by atoms with Crippen molar-refractivity contribution in [2.45, 2.75) is 5.92 Å². The summed E-state index contributed by atoms with van der Waals surface area (Å²) in [5.41, 5.74) is 4.98. The molecule has 0 unspecified atom stereocenters. The molecule has 0 fully saturated rings. The molecule has 0 aromatic heterocycles. The number of aldehydes is 2. The molecule has 0 radical (unpaired) electrons. The number of carbonyl (C=O) groups is 3. The van der Waals surface area contributed by atoms with Crippen molar-refractivity contribution in [3.8, 4) is 11.1 Å². The van der Waals surface area contributed by atoms with Gasteiger partial charge in [-0.3, -0.25) is 9.59 Å². The lowest BCUT2D eigenvalue weighted by atomic mass is 9.96. The van der Waals surface area contributed by atoms with Crippen molar-refractivity contribution < 1.29 is 19.1 Å². The maximum absolute atomic E-state index is 11.4. The fraction of sp³-hybridized carbons (Fsp3) is 0.167. The molecule has 0 spiro atoms. The summed E-state index contributed by atoms with van der Waals surface area (Å²) in [4.78, 5) is 33.5. The Morgan fingerprint density at radius 3 is 2.00 bits per heavy atom. The van der Waals surface area contributed by atoms with Crippen LogP contribution in [0.5, 0.6) is 0 Å². The predicted octanol–water partition coefficient (Wildman–Crippen LogP) is 2.78. The number of hydrogen-bond donors (Lipinski definition) is 1. The summed E-state index contributed by atoms with van der Waals surface area (Å²) in [6.45, 7) is 0.143. The number of fused-ring (bicyclic) bond motifs is 3. The summed E-state index contributed by atoms with van der Waals surface area (Å²) in [5, 5.41) is 2.41. The standard InChI is InChI=1S/C18H15NO4/c1-19-18(22)23-10-17-15-6-11(8-20)2-4-13(15)14-5-3-12(9-21)7-16(14)17/h2-9,17H,10H2,1H3,(H,19,22). The first-order valence-corrected chi connectivity index (χ1v) is 7.21. The Morgan fingerprint density at radius 1 is 1.04 bits per heavy atom. The zero-order valence-electron chi connectivity index (χ0n) is 12.5. The lowest BCUT2D eigenvalue weighted by molar-refractivity contribution is 0.111. The van der Waals surface area contributed by atoms with Gasteiger partial charge in [0.1, 0.15) is 19.2 Å². The van der Waals surface area contributed by atoms with Crippen LogP contribution in [0.2, 0.25) is 0 Å². The van der Waals surface area contributed by atoms with Gasteiger partial charge in [-0.1, -0.05) is 24.3 Å².